The Morgan fingerprint density at radius 3 is 2.72 bits per heavy atom. The molecule has 5 nitrogen and oxygen atoms in total. The second-order valence-electron chi connectivity index (χ2n) is 5.09. The van der Waals surface area contributed by atoms with E-state index in [0.29, 0.717) is 17.4 Å². The quantitative estimate of drug-likeness (QED) is 0.436. The SMILES string of the molecule is O=[N+]([O-])c1cc(F)c(Cl)cc1Nc1cc(OCc2ccccc2)cs1. The van der Waals surface area contributed by atoms with Crippen LogP contribution in [0.5, 0.6) is 5.75 Å². The maximum absolute atomic E-state index is 13.4. The van der Waals surface area contributed by atoms with Gasteiger partial charge in [0.25, 0.3) is 5.69 Å². The van der Waals surface area contributed by atoms with E-state index in [1.165, 1.54) is 17.4 Å². The summed E-state index contributed by atoms with van der Waals surface area (Å²) in [5, 5.41) is 16.2. The average molecular weight is 379 g/mol. The molecule has 1 heterocycles. The molecule has 3 aromatic rings. The molecule has 128 valence electrons. The van der Waals surface area contributed by atoms with Gasteiger partial charge in [0.05, 0.1) is 21.0 Å². The molecule has 8 heteroatoms. The van der Waals surface area contributed by atoms with Crippen LogP contribution in [0.15, 0.2) is 53.9 Å². The standard InChI is InChI=1S/C17H12ClFN2O3S/c18-13-7-15(16(21(22)23)8-14(13)19)20-17-6-12(10-25-17)24-9-11-4-2-1-3-5-11/h1-8,10,20H,9H2. The number of rotatable bonds is 6. The third kappa shape index (κ3) is 4.26. The third-order valence-corrected chi connectivity index (χ3v) is 4.43. The van der Waals surface area contributed by atoms with Crippen LogP contribution in [-0.2, 0) is 6.61 Å². The zero-order valence-electron chi connectivity index (χ0n) is 12.7. The van der Waals surface area contributed by atoms with Crippen molar-refractivity contribution in [2.75, 3.05) is 5.32 Å². The summed E-state index contributed by atoms with van der Waals surface area (Å²) in [5.41, 5.74) is 0.763. The molecule has 0 fully saturated rings. The summed E-state index contributed by atoms with van der Waals surface area (Å²) in [6, 6.07) is 13.4. The molecule has 0 amide bonds. The maximum Gasteiger partial charge on any atom is 0.295 e. The van der Waals surface area contributed by atoms with Crippen molar-refractivity contribution < 1.29 is 14.1 Å². The van der Waals surface area contributed by atoms with Gasteiger partial charge in [-0.25, -0.2) is 4.39 Å². The van der Waals surface area contributed by atoms with Crippen LogP contribution in [0, 0.1) is 15.9 Å². The van der Waals surface area contributed by atoms with Crippen LogP contribution in [-0.4, -0.2) is 4.92 Å². The van der Waals surface area contributed by atoms with Gasteiger partial charge in [0.1, 0.15) is 23.9 Å². The number of nitro groups is 1. The first-order chi connectivity index (χ1) is 12.0. The monoisotopic (exact) mass is 378 g/mol. The number of thiophene rings is 1. The van der Waals surface area contributed by atoms with Gasteiger partial charge in [0, 0.05) is 11.4 Å². The minimum atomic E-state index is -0.836. The summed E-state index contributed by atoms with van der Waals surface area (Å²) in [4.78, 5) is 10.4. The summed E-state index contributed by atoms with van der Waals surface area (Å²) in [6.07, 6.45) is 0. The molecule has 2 aromatic carbocycles. The van der Waals surface area contributed by atoms with E-state index in [0.717, 1.165) is 11.6 Å². The first-order valence-corrected chi connectivity index (χ1v) is 8.44. The predicted molar refractivity (Wildman–Crippen MR) is 96.4 cm³/mol. The number of anilines is 2. The van der Waals surface area contributed by atoms with Crippen molar-refractivity contribution in [2.45, 2.75) is 6.61 Å². The van der Waals surface area contributed by atoms with Gasteiger partial charge >= 0.3 is 0 Å². The van der Waals surface area contributed by atoms with Crippen LogP contribution in [0.2, 0.25) is 5.02 Å². The first-order valence-electron chi connectivity index (χ1n) is 7.18. The fourth-order valence-electron chi connectivity index (χ4n) is 2.12. The van der Waals surface area contributed by atoms with Crippen molar-refractivity contribution in [3.63, 3.8) is 0 Å². The zero-order chi connectivity index (χ0) is 17.8. The molecule has 1 N–H and O–H groups in total. The van der Waals surface area contributed by atoms with Crippen molar-refractivity contribution in [2.24, 2.45) is 0 Å². The second-order valence-corrected chi connectivity index (χ2v) is 6.40. The Balaban J connectivity index is 1.73. The van der Waals surface area contributed by atoms with Gasteiger partial charge in [0.2, 0.25) is 0 Å². The minimum Gasteiger partial charge on any atom is -0.488 e. The molecule has 0 bridgehead atoms. The van der Waals surface area contributed by atoms with E-state index < -0.39 is 10.7 Å². The van der Waals surface area contributed by atoms with Crippen molar-refractivity contribution in [1.29, 1.82) is 0 Å². The summed E-state index contributed by atoms with van der Waals surface area (Å²) in [6.45, 7) is 0.416. The van der Waals surface area contributed by atoms with Crippen molar-refractivity contribution in [1.82, 2.24) is 0 Å². The largest absolute Gasteiger partial charge is 0.488 e. The van der Waals surface area contributed by atoms with Crippen LogP contribution in [0.1, 0.15) is 5.56 Å². The summed E-state index contributed by atoms with van der Waals surface area (Å²) in [5.74, 6) is -0.204. The molecule has 0 spiro atoms. The molecule has 0 radical (unpaired) electrons. The van der Waals surface area contributed by atoms with Crippen LogP contribution >= 0.6 is 22.9 Å². The molecule has 0 aliphatic rings. The Hall–Kier alpha value is -2.64. The lowest BCUT2D eigenvalue weighted by Crippen LogP contribution is -1.97. The number of halogens is 2. The molecule has 0 atom stereocenters. The Kier molecular flexibility index (Phi) is 5.16. The van der Waals surface area contributed by atoms with Crippen molar-refractivity contribution >= 4 is 39.3 Å². The fraction of sp³-hybridized carbons (Fsp3) is 0.0588. The molecule has 0 unspecified atom stereocenters. The molecule has 3 rings (SSSR count). The van der Waals surface area contributed by atoms with E-state index in [-0.39, 0.29) is 16.4 Å². The number of ether oxygens (including phenoxy) is 1. The lowest BCUT2D eigenvalue weighted by Gasteiger charge is -2.06. The van der Waals surface area contributed by atoms with Gasteiger partial charge in [-0.05, 0) is 11.6 Å². The molecule has 25 heavy (non-hydrogen) atoms. The third-order valence-electron chi connectivity index (χ3n) is 3.32. The predicted octanol–water partition coefficient (Wildman–Crippen LogP) is 5.77. The number of hydrogen-bond acceptors (Lipinski definition) is 5. The van der Waals surface area contributed by atoms with Crippen molar-refractivity contribution in [3.8, 4) is 5.75 Å². The van der Waals surface area contributed by atoms with Crippen LogP contribution < -0.4 is 10.1 Å². The molecule has 0 aliphatic heterocycles. The number of benzene rings is 2. The number of nitrogens with zero attached hydrogens (tertiary/aromatic N) is 1. The molecule has 0 saturated carbocycles. The van der Waals surface area contributed by atoms with Crippen LogP contribution in [0.4, 0.5) is 20.8 Å². The van der Waals surface area contributed by atoms with Gasteiger partial charge in [-0.3, -0.25) is 10.1 Å². The van der Waals surface area contributed by atoms with E-state index in [4.69, 9.17) is 16.3 Å². The zero-order valence-corrected chi connectivity index (χ0v) is 14.3. The van der Waals surface area contributed by atoms with Gasteiger partial charge in [-0.15, -0.1) is 11.3 Å². The lowest BCUT2D eigenvalue weighted by molar-refractivity contribution is -0.384. The number of nitro benzene ring substituents is 1. The van der Waals surface area contributed by atoms with Gasteiger partial charge in [-0.2, -0.15) is 0 Å². The highest BCUT2D eigenvalue weighted by Crippen LogP contribution is 2.35. The van der Waals surface area contributed by atoms with Crippen LogP contribution in [0.3, 0.4) is 0 Å². The Morgan fingerprint density at radius 1 is 1.24 bits per heavy atom. The molecule has 0 saturated heterocycles. The first kappa shape index (κ1) is 17.2. The molecule has 0 aliphatic carbocycles. The van der Waals surface area contributed by atoms with E-state index in [9.17, 15) is 14.5 Å². The fourth-order valence-corrected chi connectivity index (χ4v) is 3.02. The highest BCUT2D eigenvalue weighted by Gasteiger charge is 2.18. The molecular weight excluding hydrogens is 367 g/mol. The van der Waals surface area contributed by atoms with E-state index in [1.807, 2.05) is 30.3 Å². The Labute approximate surface area is 151 Å². The minimum absolute atomic E-state index is 0.118. The highest BCUT2D eigenvalue weighted by molar-refractivity contribution is 7.14. The molecular formula is C17H12ClFN2O3S. The topological polar surface area (TPSA) is 64.4 Å². The summed E-state index contributed by atoms with van der Waals surface area (Å²) >= 11 is 7.04. The highest BCUT2D eigenvalue weighted by atomic mass is 35.5. The Morgan fingerprint density at radius 2 is 2.00 bits per heavy atom. The second kappa shape index (κ2) is 7.50. The average Bonchev–Trinajstić information content (AvgIpc) is 3.04. The number of hydrogen-bond donors (Lipinski definition) is 1. The van der Waals surface area contributed by atoms with Crippen molar-refractivity contribution in [3.05, 3.63) is 80.4 Å². The normalized spacial score (nSPS) is 10.5. The lowest BCUT2D eigenvalue weighted by atomic mass is 10.2. The number of nitrogens with one attached hydrogen (secondary N) is 1. The van der Waals surface area contributed by atoms with Crippen LogP contribution in [0.25, 0.3) is 0 Å². The summed E-state index contributed by atoms with van der Waals surface area (Å²) < 4.78 is 19.1. The smallest absolute Gasteiger partial charge is 0.295 e. The van der Waals surface area contributed by atoms with E-state index in [1.54, 1.807) is 11.4 Å². The Bertz CT molecular complexity index is 902. The van der Waals surface area contributed by atoms with Gasteiger partial charge in [0.15, 0.2) is 0 Å². The van der Waals surface area contributed by atoms with Gasteiger partial charge in [-0.1, -0.05) is 41.9 Å². The maximum atomic E-state index is 13.4. The van der Waals surface area contributed by atoms with Gasteiger partial charge < -0.3 is 10.1 Å². The van der Waals surface area contributed by atoms with E-state index >= 15 is 0 Å². The summed E-state index contributed by atoms with van der Waals surface area (Å²) in [7, 11) is 0. The molecule has 1 aromatic heterocycles. The van der Waals surface area contributed by atoms with E-state index in [2.05, 4.69) is 5.32 Å².